The zero-order valence-corrected chi connectivity index (χ0v) is 5.95. The van der Waals surface area contributed by atoms with Crippen molar-refractivity contribution in [3.63, 3.8) is 0 Å². The van der Waals surface area contributed by atoms with Gasteiger partial charge in [0.1, 0.15) is 0 Å². The molecule has 0 aromatic heterocycles. The van der Waals surface area contributed by atoms with Crippen molar-refractivity contribution in [1.29, 1.82) is 0 Å². The summed E-state index contributed by atoms with van der Waals surface area (Å²) in [4.78, 5) is 0. The van der Waals surface area contributed by atoms with E-state index in [2.05, 4.69) is 0 Å². The van der Waals surface area contributed by atoms with E-state index in [0.717, 1.165) is 0 Å². The molecule has 0 spiro atoms. The quantitative estimate of drug-likeness (QED) is 0.333. The van der Waals surface area contributed by atoms with Gasteiger partial charge in [-0.1, -0.05) is 7.43 Å². The van der Waals surface area contributed by atoms with Crippen LogP contribution >= 0.6 is 24.8 Å². The van der Waals surface area contributed by atoms with E-state index in [1.165, 1.54) is 0 Å². The number of hydrogen-bond acceptors (Lipinski definition) is 0. The van der Waals surface area contributed by atoms with E-state index in [4.69, 9.17) is 0 Å². The van der Waals surface area contributed by atoms with E-state index in [1.54, 1.807) is 0 Å². The van der Waals surface area contributed by atoms with Gasteiger partial charge in [-0.2, -0.15) is 0 Å². The molecule has 0 radical (unpaired) electrons. The van der Waals surface area contributed by atoms with Crippen molar-refractivity contribution < 1.29 is 36.5 Å². The molecule has 0 fully saturated rings. The van der Waals surface area contributed by atoms with Crippen molar-refractivity contribution in [2.75, 3.05) is 0 Å². The van der Waals surface area contributed by atoms with E-state index in [0.29, 0.717) is 0 Å². The maximum Gasteiger partial charge on any atom is 1.00 e. The summed E-state index contributed by atoms with van der Waals surface area (Å²) in [6.07, 6.45) is 0. The third-order valence-corrected chi connectivity index (χ3v) is 0. The van der Waals surface area contributed by atoms with Gasteiger partial charge in [0.25, 0.3) is 0 Å². The first kappa shape index (κ1) is 84.6. The summed E-state index contributed by atoms with van der Waals surface area (Å²) in [6, 6.07) is 0. The molecular weight excluding hydrogens is 122 g/mol. The van der Waals surface area contributed by atoms with Gasteiger partial charge in [0.05, 0.1) is 0 Å². The largest absolute Gasteiger partial charge is 1.00 e. The second kappa shape index (κ2) is 48.1. The van der Waals surface area contributed by atoms with Gasteiger partial charge in [0.15, 0.2) is 0 Å². The fourth-order valence-electron chi connectivity index (χ4n) is 0. The van der Waals surface area contributed by atoms with Gasteiger partial charge in [-0.3, -0.25) is 0 Å². The Morgan fingerprint density at radius 1 is 1.00 bits per heavy atom. The fourth-order valence-corrected chi connectivity index (χ4v) is 0. The summed E-state index contributed by atoms with van der Waals surface area (Å²) in [7, 11) is 0. The molecule has 0 amide bonds. The molecule has 0 heterocycles. The zero-order valence-electron chi connectivity index (χ0n) is 3.32. The van der Waals surface area contributed by atoms with Crippen LogP contribution in [0.3, 0.4) is 0 Å². The SMILES string of the molecule is C.Cl.Cl.O.[H-].[Na+]. The molecular formula is CH9Cl2NaO. The molecule has 4 heteroatoms. The first-order valence-electron chi connectivity index (χ1n) is 0. The molecule has 0 aromatic rings. The molecule has 0 aliphatic rings. The van der Waals surface area contributed by atoms with Crippen LogP contribution in [0.25, 0.3) is 0 Å². The Balaban J connectivity index is 0. The summed E-state index contributed by atoms with van der Waals surface area (Å²) in [5.74, 6) is 0. The molecule has 2 N–H and O–H groups in total. The predicted molar refractivity (Wildman–Crippen MR) is 26.0 cm³/mol. The summed E-state index contributed by atoms with van der Waals surface area (Å²) in [5.41, 5.74) is 0. The first-order chi connectivity index (χ1) is 0. The normalized spacial score (nSPS) is 0. The Kier molecular flexibility index (Phi) is 815. The third-order valence-electron chi connectivity index (χ3n) is 0. The summed E-state index contributed by atoms with van der Waals surface area (Å²) < 4.78 is 0. The molecule has 0 saturated carbocycles. The van der Waals surface area contributed by atoms with E-state index in [1.807, 2.05) is 0 Å². The fraction of sp³-hybridized carbons (Fsp3) is 1.00. The van der Waals surface area contributed by atoms with Crippen molar-refractivity contribution >= 4 is 24.8 Å². The first-order valence-corrected chi connectivity index (χ1v) is 0. The minimum atomic E-state index is 0. The van der Waals surface area contributed by atoms with Crippen LogP contribution in [-0.2, 0) is 0 Å². The molecule has 0 bridgehead atoms. The Labute approximate surface area is 68.4 Å². The average molecular weight is 131 g/mol. The van der Waals surface area contributed by atoms with Gasteiger partial charge in [0.2, 0.25) is 0 Å². The van der Waals surface area contributed by atoms with Crippen molar-refractivity contribution in [2.24, 2.45) is 0 Å². The Hall–Kier alpha value is 1.54. The second-order valence-corrected chi connectivity index (χ2v) is 0. The van der Waals surface area contributed by atoms with Crippen LogP contribution in [0, 0.1) is 0 Å². The standard InChI is InChI=1S/CH4.2ClH.Na.H2O.H/h1H4;2*1H;;1H2;/q;;;+1;;-1. The summed E-state index contributed by atoms with van der Waals surface area (Å²) in [6.45, 7) is 0. The van der Waals surface area contributed by atoms with Gasteiger partial charge in [-0.25, -0.2) is 0 Å². The summed E-state index contributed by atoms with van der Waals surface area (Å²) in [5, 5.41) is 0. The van der Waals surface area contributed by atoms with Gasteiger partial charge in [-0.05, 0) is 0 Å². The molecule has 1 nitrogen and oxygen atoms in total. The molecule has 0 aliphatic heterocycles. The van der Waals surface area contributed by atoms with Crippen LogP contribution in [0.4, 0.5) is 0 Å². The van der Waals surface area contributed by atoms with E-state index in [-0.39, 0.29) is 68.7 Å². The molecule has 0 saturated heterocycles. The average Bonchev–Trinajstić information content (AvgIpc) is 0. The molecule has 0 atom stereocenters. The van der Waals surface area contributed by atoms with E-state index in [9.17, 15) is 0 Å². The maximum atomic E-state index is 0. The van der Waals surface area contributed by atoms with Crippen LogP contribution in [0.2, 0.25) is 0 Å². The Morgan fingerprint density at radius 2 is 1.00 bits per heavy atom. The van der Waals surface area contributed by atoms with Crippen molar-refractivity contribution in [3.05, 3.63) is 0 Å². The smallest absolute Gasteiger partial charge is 1.00 e. The minimum Gasteiger partial charge on any atom is -1.00 e. The molecule has 0 aliphatic carbocycles. The number of hydrogen-bond donors (Lipinski definition) is 0. The van der Waals surface area contributed by atoms with E-state index < -0.39 is 0 Å². The molecule has 0 rings (SSSR count). The number of halogens is 2. The zero-order chi connectivity index (χ0) is 0. The van der Waals surface area contributed by atoms with Crippen LogP contribution in [0.15, 0.2) is 0 Å². The monoisotopic (exact) mass is 130 g/mol. The van der Waals surface area contributed by atoms with Crippen LogP contribution in [0.5, 0.6) is 0 Å². The topological polar surface area (TPSA) is 31.5 Å². The van der Waals surface area contributed by atoms with Crippen LogP contribution in [-0.4, -0.2) is 5.48 Å². The Bertz CT molecular complexity index is 13.5. The maximum absolute atomic E-state index is 0. The van der Waals surface area contributed by atoms with Gasteiger partial charge < -0.3 is 6.90 Å². The van der Waals surface area contributed by atoms with Gasteiger partial charge in [-0.15, -0.1) is 24.8 Å². The van der Waals surface area contributed by atoms with Crippen LogP contribution < -0.4 is 29.6 Å². The predicted octanol–water partition coefficient (Wildman–Crippen LogP) is -2.23. The molecule has 5 heavy (non-hydrogen) atoms. The minimum absolute atomic E-state index is 0. The second-order valence-electron chi connectivity index (χ2n) is 0. The van der Waals surface area contributed by atoms with Crippen molar-refractivity contribution in [2.45, 2.75) is 7.43 Å². The van der Waals surface area contributed by atoms with Gasteiger partial charge >= 0.3 is 29.6 Å². The number of rotatable bonds is 0. The van der Waals surface area contributed by atoms with Crippen LogP contribution in [0.1, 0.15) is 8.85 Å². The summed E-state index contributed by atoms with van der Waals surface area (Å²) >= 11 is 0. The molecule has 0 aromatic carbocycles. The van der Waals surface area contributed by atoms with Crippen molar-refractivity contribution in [3.8, 4) is 0 Å². The molecule has 0 unspecified atom stereocenters. The molecule has 34 valence electrons. The van der Waals surface area contributed by atoms with Crippen molar-refractivity contribution in [1.82, 2.24) is 0 Å². The Morgan fingerprint density at radius 3 is 1.00 bits per heavy atom. The van der Waals surface area contributed by atoms with Gasteiger partial charge in [0, 0.05) is 0 Å². The third kappa shape index (κ3) is 29.3. The van der Waals surface area contributed by atoms with E-state index >= 15 is 0 Å².